The maximum Gasteiger partial charge on any atom is 0.261 e. The summed E-state index contributed by atoms with van der Waals surface area (Å²) >= 11 is 6.31. The number of halogens is 1. The SMILES string of the molecule is COc1ccc(CN(C(=O)COc2ccccc2)C(C(=O)NCc2ccccc2Cl)c2ccccc2)cc1. The monoisotopic (exact) mass is 528 g/mol. The van der Waals surface area contributed by atoms with E-state index in [1.165, 1.54) is 0 Å². The highest BCUT2D eigenvalue weighted by Gasteiger charge is 2.32. The molecule has 0 radical (unpaired) electrons. The Labute approximate surface area is 227 Å². The molecule has 0 aliphatic rings. The number of para-hydroxylation sites is 1. The smallest absolute Gasteiger partial charge is 0.261 e. The second kappa shape index (κ2) is 13.3. The van der Waals surface area contributed by atoms with Crippen LogP contribution in [0.15, 0.2) is 109 Å². The summed E-state index contributed by atoms with van der Waals surface area (Å²) in [6.45, 7) is 0.203. The van der Waals surface area contributed by atoms with Gasteiger partial charge in [0.15, 0.2) is 6.61 Å². The van der Waals surface area contributed by atoms with Gasteiger partial charge in [0.25, 0.3) is 5.91 Å². The highest BCUT2D eigenvalue weighted by atomic mass is 35.5. The van der Waals surface area contributed by atoms with E-state index in [1.807, 2.05) is 91.0 Å². The van der Waals surface area contributed by atoms with Gasteiger partial charge in [-0.2, -0.15) is 0 Å². The molecule has 0 saturated carbocycles. The summed E-state index contributed by atoms with van der Waals surface area (Å²) in [5, 5.41) is 3.54. The predicted octanol–water partition coefficient (Wildman–Crippen LogP) is 5.81. The Bertz CT molecular complexity index is 1330. The van der Waals surface area contributed by atoms with Crippen molar-refractivity contribution in [2.24, 2.45) is 0 Å². The molecule has 7 heteroatoms. The minimum atomic E-state index is -0.896. The van der Waals surface area contributed by atoms with Crippen molar-refractivity contribution in [1.29, 1.82) is 0 Å². The van der Waals surface area contributed by atoms with Gasteiger partial charge in [0.2, 0.25) is 5.91 Å². The maximum absolute atomic E-state index is 13.7. The average Bonchev–Trinajstić information content (AvgIpc) is 2.96. The molecule has 0 spiro atoms. The van der Waals surface area contributed by atoms with Gasteiger partial charge in [-0.3, -0.25) is 9.59 Å². The van der Waals surface area contributed by atoms with Crippen LogP contribution in [-0.4, -0.2) is 30.4 Å². The first-order valence-electron chi connectivity index (χ1n) is 12.2. The summed E-state index contributed by atoms with van der Waals surface area (Å²) in [7, 11) is 1.60. The summed E-state index contributed by atoms with van der Waals surface area (Å²) < 4.78 is 11.0. The van der Waals surface area contributed by atoms with E-state index in [1.54, 1.807) is 30.2 Å². The molecule has 2 amide bonds. The number of amides is 2. The fourth-order valence-corrected chi connectivity index (χ4v) is 4.23. The largest absolute Gasteiger partial charge is 0.497 e. The zero-order valence-electron chi connectivity index (χ0n) is 21.0. The average molecular weight is 529 g/mol. The van der Waals surface area contributed by atoms with E-state index >= 15 is 0 Å². The lowest BCUT2D eigenvalue weighted by molar-refractivity contribution is -0.143. The second-order valence-electron chi connectivity index (χ2n) is 8.59. The zero-order valence-corrected chi connectivity index (χ0v) is 21.8. The number of hydrogen-bond donors (Lipinski definition) is 1. The standard InChI is InChI=1S/C31H29ClN2O4/c1-37-26-18-16-23(17-19-26)21-34(29(35)22-38-27-13-6-3-7-14-27)30(24-10-4-2-5-11-24)31(36)33-20-25-12-8-9-15-28(25)32/h2-19,30H,20-22H2,1H3,(H,33,36). The van der Waals surface area contributed by atoms with E-state index in [0.29, 0.717) is 22.1 Å². The molecule has 0 saturated heterocycles. The van der Waals surface area contributed by atoms with E-state index in [9.17, 15) is 9.59 Å². The Hall–Kier alpha value is -4.29. The van der Waals surface area contributed by atoms with Crippen molar-refractivity contribution in [2.45, 2.75) is 19.1 Å². The third kappa shape index (κ3) is 7.14. The lowest BCUT2D eigenvalue weighted by Gasteiger charge is -2.31. The lowest BCUT2D eigenvalue weighted by Crippen LogP contribution is -2.45. The first kappa shape index (κ1) is 26.8. The van der Waals surface area contributed by atoms with Crippen LogP contribution in [0.5, 0.6) is 11.5 Å². The Morgan fingerprint density at radius 2 is 1.45 bits per heavy atom. The third-order valence-corrected chi connectivity index (χ3v) is 6.39. The number of benzene rings is 4. The van der Waals surface area contributed by atoms with E-state index in [-0.39, 0.29) is 31.5 Å². The summed E-state index contributed by atoms with van der Waals surface area (Å²) in [5.41, 5.74) is 2.32. The second-order valence-corrected chi connectivity index (χ2v) is 9.00. The molecule has 1 N–H and O–H groups in total. The van der Waals surface area contributed by atoms with Crippen LogP contribution >= 0.6 is 11.6 Å². The molecule has 38 heavy (non-hydrogen) atoms. The Balaban J connectivity index is 1.64. The molecule has 4 rings (SSSR count). The molecule has 1 unspecified atom stereocenters. The Morgan fingerprint density at radius 1 is 0.816 bits per heavy atom. The first-order chi connectivity index (χ1) is 18.5. The van der Waals surface area contributed by atoms with Gasteiger partial charge in [0, 0.05) is 18.1 Å². The fraction of sp³-hybridized carbons (Fsp3) is 0.161. The van der Waals surface area contributed by atoms with Gasteiger partial charge in [-0.05, 0) is 47.0 Å². The molecule has 0 fully saturated rings. The Morgan fingerprint density at radius 3 is 2.11 bits per heavy atom. The molecule has 0 heterocycles. The molecule has 6 nitrogen and oxygen atoms in total. The number of hydrogen-bond acceptors (Lipinski definition) is 4. The van der Waals surface area contributed by atoms with Crippen LogP contribution < -0.4 is 14.8 Å². The van der Waals surface area contributed by atoms with Crippen molar-refractivity contribution in [3.05, 3.63) is 131 Å². The molecular weight excluding hydrogens is 500 g/mol. The third-order valence-electron chi connectivity index (χ3n) is 6.02. The van der Waals surface area contributed by atoms with Gasteiger partial charge in [-0.25, -0.2) is 0 Å². The van der Waals surface area contributed by atoms with E-state index < -0.39 is 6.04 Å². The molecule has 4 aromatic carbocycles. The Kier molecular flexibility index (Phi) is 9.37. The van der Waals surface area contributed by atoms with Crippen LogP contribution in [0, 0.1) is 0 Å². The summed E-state index contributed by atoms with van der Waals surface area (Å²) in [6.07, 6.45) is 0. The van der Waals surface area contributed by atoms with Gasteiger partial charge >= 0.3 is 0 Å². The minimum Gasteiger partial charge on any atom is -0.497 e. The highest BCUT2D eigenvalue weighted by molar-refractivity contribution is 6.31. The van der Waals surface area contributed by atoms with Crippen molar-refractivity contribution in [3.63, 3.8) is 0 Å². The number of nitrogens with zero attached hydrogens (tertiary/aromatic N) is 1. The molecule has 0 aliphatic carbocycles. The van der Waals surface area contributed by atoms with Crippen LogP contribution in [0.2, 0.25) is 5.02 Å². The topological polar surface area (TPSA) is 67.9 Å². The quantitative estimate of drug-likeness (QED) is 0.266. The number of rotatable bonds is 11. The van der Waals surface area contributed by atoms with Crippen molar-refractivity contribution in [3.8, 4) is 11.5 Å². The van der Waals surface area contributed by atoms with E-state index in [4.69, 9.17) is 21.1 Å². The highest BCUT2D eigenvalue weighted by Crippen LogP contribution is 2.26. The molecule has 194 valence electrons. The van der Waals surface area contributed by atoms with Crippen molar-refractivity contribution in [1.82, 2.24) is 10.2 Å². The maximum atomic E-state index is 13.7. The summed E-state index contributed by atoms with van der Waals surface area (Å²) in [5.74, 6) is 0.630. The molecule has 0 aliphatic heterocycles. The van der Waals surface area contributed by atoms with Crippen molar-refractivity contribution in [2.75, 3.05) is 13.7 Å². The van der Waals surface area contributed by atoms with Gasteiger partial charge in [-0.1, -0.05) is 90.5 Å². The van der Waals surface area contributed by atoms with E-state index in [0.717, 1.165) is 11.1 Å². The van der Waals surface area contributed by atoms with Gasteiger partial charge in [0.05, 0.1) is 7.11 Å². The van der Waals surface area contributed by atoms with E-state index in [2.05, 4.69) is 5.32 Å². The minimum absolute atomic E-state index is 0.194. The van der Waals surface area contributed by atoms with Crippen LogP contribution in [0.1, 0.15) is 22.7 Å². The fourth-order valence-electron chi connectivity index (χ4n) is 4.02. The molecule has 4 aromatic rings. The number of methoxy groups -OCH3 is 1. The van der Waals surface area contributed by atoms with Crippen LogP contribution in [-0.2, 0) is 22.7 Å². The summed E-state index contributed by atoms with van der Waals surface area (Å²) in [4.78, 5) is 28.9. The van der Waals surface area contributed by atoms with Gasteiger partial charge < -0.3 is 19.7 Å². The van der Waals surface area contributed by atoms with Crippen molar-refractivity contribution >= 4 is 23.4 Å². The number of carbonyl (C=O) groups excluding carboxylic acids is 2. The van der Waals surface area contributed by atoms with Crippen molar-refractivity contribution < 1.29 is 19.1 Å². The summed E-state index contributed by atoms with van der Waals surface area (Å²) in [6, 6.07) is 32.2. The molecule has 1 atom stereocenters. The predicted molar refractivity (Wildman–Crippen MR) is 148 cm³/mol. The molecular formula is C31H29ClN2O4. The first-order valence-corrected chi connectivity index (χ1v) is 12.6. The van der Waals surface area contributed by atoms with Gasteiger partial charge in [0.1, 0.15) is 17.5 Å². The van der Waals surface area contributed by atoms with Crippen LogP contribution in [0.4, 0.5) is 0 Å². The molecule has 0 aromatic heterocycles. The normalized spacial score (nSPS) is 11.3. The van der Waals surface area contributed by atoms with Crippen LogP contribution in [0.3, 0.4) is 0 Å². The number of ether oxygens (including phenoxy) is 2. The number of nitrogens with one attached hydrogen (secondary N) is 1. The van der Waals surface area contributed by atoms with Crippen LogP contribution in [0.25, 0.3) is 0 Å². The number of carbonyl (C=O) groups is 2. The zero-order chi connectivity index (χ0) is 26.7. The molecule has 0 bridgehead atoms. The van der Waals surface area contributed by atoms with Gasteiger partial charge in [-0.15, -0.1) is 0 Å². The lowest BCUT2D eigenvalue weighted by atomic mass is 10.0.